The smallest absolute Gasteiger partial charge is 0.157 e. The largest absolute Gasteiger partial charge is 0.494 e. The molecule has 0 aliphatic rings. The molecule has 1 atom stereocenters. The first kappa shape index (κ1) is 25.6. The number of benzene rings is 1. The highest BCUT2D eigenvalue weighted by atomic mass is 16.5. The second-order valence-electron chi connectivity index (χ2n) is 7.37. The standard InChI is InChI=1S/C27H32N2O2/c1-8-18(3)15-25(22(7)31-14-10-13-28)27(26(21(6)30)19(4)9-2)24-12-11-23(17-29)16-20(24)5/h8-9,11-13,15-16,27-28H,2,7,10,14H2,1,3-6H3/b18-8-,25-15+,26-19-,28-13?. The summed E-state index contributed by atoms with van der Waals surface area (Å²) < 4.78 is 5.87. The Bertz CT molecular complexity index is 1000. The number of carbonyl (C=O) groups excluding carboxylic acids is 1. The van der Waals surface area contributed by atoms with E-state index in [1.54, 1.807) is 19.1 Å². The molecular formula is C27H32N2O2. The number of Topliss-reactive ketones (excluding diaryl/α,β-unsaturated/α-hetero) is 1. The van der Waals surface area contributed by atoms with E-state index in [0.29, 0.717) is 29.9 Å². The van der Waals surface area contributed by atoms with Gasteiger partial charge >= 0.3 is 0 Å². The van der Waals surface area contributed by atoms with Crippen LogP contribution in [-0.2, 0) is 9.53 Å². The van der Waals surface area contributed by atoms with Crippen LogP contribution in [0.5, 0.6) is 0 Å². The van der Waals surface area contributed by atoms with E-state index < -0.39 is 5.92 Å². The van der Waals surface area contributed by atoms with Crippen molar-refractivity contribution < 1.29 is 9.53 Å². The van der Waals surface area contributed by atoms with Crippen LogP contribution in [0.15, 0.2) is 77.6 Å². The van der Waals surface area contributed by atoms with E-state index in [0.717, 1.165) is 27.8 Å². The number of hydrogen-bond acceptors (Lipinski definition) is 4. The Labute approximate surface area is 186 Å². The molecule has 0 saturated heterocycles. The van der Waals surface area contributed by atoms with Gasteiger partial charge in [-0.25, -0.2) is 0 Å². The van der Waals surface area contributed by atoms with Crippen molar-refractivity contribution >= 4 is 12.0 Å². The molecule has 0 fully saturated rings. The van der Waals surface area contributed by atoms with E-state index >= 15 is 0 Å². The van der Waals surface area contributed by atoms with Gasteiger partial charge in [0.05, 0.1) is 18.2 Å². The van der Waals surface area contributed by atoms with Crippen molar-refractivity contribution in [3.05, 3.63) is 94.3 Å². The van der Waals surface area contributed by atoms with E-state index in [1.165, 1.54) is 6.21 Å². The molecule has 0 radical (unpaired) electrons. The number of hydrogen-bond donors (Lipinski definition) is 1. The zero-order chi connectivity index (χ0) is 23.6. The lowest BCUT2D eigenvalue weighted by Crippen LogP contribution is -2.17. The summed E-state index contributed by atoms with van der Waals surface area (Å²) in [6, 6.07) is 7.64. The van der Waals surface area contributed by atoms with E-state index in [-0.39, 0.29) is 5.78 Å². The number of nitriles is 1. The first-order valence-corrected chi connectivity index (χ1v) is 10.2. The topological polar surface area (TPSA) is 73.9 Å². The third kappa shape index (κ3) is 6.79. The number of ether oxygens (including phenoxy) is 1. The Kier molecular flexibility index (Phi) is 10.1. The third-order valence-electron chi connectivity index (χ3n) is 5.12. The van der Waals surface area contributed by atoms with Gasteiger partial charge in [0, 0.05) is 23.5 Å². The molecule has 0 amide bonds. The fourth-order valence-corrected chi connectivity index (χ4v) is 3.34. The molecule has 1 unspecified atom stereocenters. The summed E-state index contributed by atoms with van der Waals surface area (Å²) in [7, 11) is 0. The van der Waals surface area contributed by atoms with Crippen molar-refractivity contribution in [2.75, 3.05) is 6.61 Å². The molecule has 1 aromatic carbocycles. The summed E-state index contributed by atoms with van der Waals surface area (Å²) in [6.07, 6.45) is 7.40. The molecular weight excluding hydrogens is 384 g/mol. The zero-order valence-corrected chi connectivity index (χ0v) is 19.2. The fourth-order valence-electron chi connectivity index (χ4n) is 3.34. The van der Waals surface area contributed by atoms with Crippen molar-refractivity contribution in [3.8, 4) is 6.07 Å². The minimum Gasteiger partial charge on any atom is -0.494 e. The zero-order valence-electron chi connectivity index (χ0n) is 19.2. The summed E-state index contributed by atoms with van der Waals surface area (Å²) in [4.78, 5) is 12.8. The molecule has 1 N–H and O–H groups in total. The Morgan fingerprint density at radius 3 is 2.48 bits per heavy atom. The highest BCUT2D eigenvalue weighted by Crippen LogP contribution is 2.40. The van der Waals surface area contributed by atoms with Gasteiger partial charge in [-0.15, -0.1) is 0 Å². The lowest BCUT2D eigenvalue weighted by Gasteiger charge is -2.27. The molecule has 0 saturated carbocycles. The fraction of sp³-hybridized carbons (Fsp3) is 0.296. The van der Waals surface area contributed by atoms with Crippen molar-refractivity contribution in [3.63, 3.8) is 0 Å². The van der Waals surface area contributed by atoms with Crippen LogP contribution < -0.4 is 0 Å². The molecule has 0 heterocycles. The molecule has 0 aromatic heterocycles. The first-order chi connectivity index (χ1) is 14.7. The number of nitrogens with zero attached hydrogens (tertiary/aromatic N) is 1. The van der Waals surface area contributed by atoms with Crippen molar-refractivity contribution in [2.45, 2.75) is 47.0 Å². The Morgan fingerprint density at radius 1 is 1.32 bits per heavy atom. The minimum atomic E-state index is -0.439. The molecule has 31 heavy (non-hydrogen) atoms. The molecule has 0 bridgehead atoms. The second-order valence-corrected chi connectivity index (χ2v) is 7.37. The molecule has 0 aliphatic carbocycles. The SMILES string of the molecule is C=C/C(C)=C(/C(C)=O)C(/C(=C/C(C)=C\C)C(=C)OCCC=N)c1ccc(C#N)cc1C. The van der Waals surface area contributed by atoms with Crippen LogP contribution >= 0.6 is 0 Å². The van der Waals surface area contributed by atoms with E-state index in [4.69, 9.17) is 10.1 Å². The maximum atomic E-state index is 12.8. The third-order valence-corrected chi connectivity index (χ3v) is 5.12. The summed E-state index contributed by atoms with van der Waals surface area (Å²) in [5.74, 6) is -0.0551. The van der Waals surface area contributed by atoms with E-state index in [9.17, 15) is 10.1 Å². The van der Waals surface area contributed by atoms with Gasteiger partial charge in [-0.1, -0.05) is 43.0 Å². The van der Waals surface area contributed by atoms with Gasteiger partial charge in [0.15, 0.2) is 5.78 Å². The molecule has 0 aliphatic heterocycles. The van der Waals surface area contributed by atoms with Gasteiger partial charge in [0.2, 0.25) is 0 Å². The minimum absolute atomic E-state index is 0.0671. The summed E-state index contributed by atoms with van der Waals surface area (Å²) in [5.41, 5.74) is 5.51. The maximum Gasteiger partial charge on any atom is 0.157 e. The van der Waals surface area contributed by atoms with Crippen molar-refractivity contribution in [2.24, 2.45) is 0 Å². The van der Waals surface area contributed by atoms with Gasteiger partial charge in [-0.3, -0.25) is 4.79 Å². The summed E-state index contributed by atoms with van der Waals surface area (Å²) in [5, 5.41) is 16.5. The number of allylic oxidation sites excluding steroid dienone is 7. The van der Waals surface area contributed by atoms with Gasteiger partial charge in [-0.2, -0.15) is 5.26 Å². The number of nitrogens with one attached hydrogen (secondary N) is 1. The van der Waals surface area contributed by atoms with Crippen LogP contribution in [0.2, 0.25) is 0 Å². The predicted molar refractivity (Wildman–Crippen MR) is 128 cm³/mol. The van der Waals surface area contributed by atoms with Crippen LogP contribution in [0.3, 0.4) is 0 Å². The quantitative estimate of drug-likeness (QED) is 0.147. The summed E-state index contributed by atoms with van der Waals surface area (Å²) >= 11 is 0. The molecule has 4 heteroatoms. The molecule has 4 nitrogen and oxygen atoms in total. The number of rotatable bonds is 11. The Morgan fingerprint density at radius 2 is 2.00 bits per heavy atom. The van der Waals surface area contributed by atoms with Crippen molar-refractivity contribution in [1.82, 2.24) is 0 Å². The van der Waals surface area contributed by atoms with Crippen molar-refractivity contribution in [1.29, 1.82) is 10.7 Å². The lowest BCUT2D eigenvalue weighted by atomic mass is 9.77. The molecule has 1 rings (SSSR count). The highest BCUT2D eigenvalue weighted by Gasteiger charge is 2.29. The normalized spacial score (nSPS) is 13.5. The van der Waals surface area contributed by atoms with Gasteiger partial charge in [0.25, 0.3) is 0 Å². The second kappa shape index (κ2) is 12.3. The number of carbonyl (C=O) groups is 1. The molecule has 162 valence electrons. The number of aryl methyl sites for hydroxylation is 1. The summed E-state index contributed by atoms with van der Waals surface area (Å²) in [6.45, 7) is 17.6. The maximum absolute atomic E-state index is 12.8. The van der Waals surface area contributed by atoms with Gasteiger partial charge in [0.1, 0.15) is 5.76 Å². The van der Waals surface area contributed by atoms with Gasteiger partial charge < -0.3 is 10.1 Å². The average molecular weight is 417 g/mol. The molecule has 1 aromatic rings. The van der Waals surface area contributed by atoms with Crippen LogP contribution in [0.1, 0.15) is 56.7 Å². The Balaban J connectivity index is 3.91. The van der Waals surface area contributed by atoms with Crippen LogP contribution in [0.25, 0.3) is 0 Å². The van der Waals surface area contributed by atoms with Crippen LogP contribution in [-0.4, -0.2) is 18.6 Å². The first-order valence-electron chi connectivity index (χ1n) is 10.2. The monoisotopic (exact) mass is 416 g/mol. The van der Waals surface area contributed by atoms with Gasteiger partial charge in [-0.05, 0) is 69.7 Å². The number of ketones is 1. The van der Waals surface area contributed by atoms with E-state index in [2.05, 4.69) is 19.2 Å². The van der Waals surface area contributed by atoms with Crippen LogP contribution in [0, 0.1) is 23.7 Å². The van der Waals surface area contributed by atoms with E-state index in [1.807, 2.05) is 52.0 Å². The highest BCUT2D eigenvalue weighted by molar-refractivity contribution is 5.97. The lowest BCUT2D eigenvalue weighted by molar-refractivity contribution is -0.113. The average Bonchev–Trinajstić information content (AvgIpc) is 2.75. The predicted octanol–water partition coefficient (Wildman–Crippen LogP) is 6.50. The molecule has 0 spiro atoms. The Hall–Kier alpha value is -3.45. The van der Waals surface area contributed by atoms with Crippen LogP contribution in [0.4, 0.5) is 0 Å².